The molecule has 10 heteroatoms. The van der Waals surface area contributed by atoms with Crippen molar-refractivity contribution < 1.29 is 9.90 Å². The fraction of sp³-hybridized carbons (Fsp3) is 0.350. The summed E-state index contributed by atoms with van der Waals surface area (Å²) in [5, 5.41) is 16.1. The van der Waals surface area contributed by atoms with E-state index in [0.717, 1.165) is 52.8 Å². The molecule has 1 fully saturated rings. The van der Waals surface area contributed by atoms with Crippen LogP contribution >= 0.6 is 11.3 Å². The molecule has 0 amide bonds. The summed E-state index contributed by atoms with van der Waals surface area (Å²) in [6, 6.07) is 8.26. The molecule has 3 aromatic heterocycles. The first-order valence-corrected chi connectivity index (χ1v) is 10.5. The number of nitrogens with zero attached hydrogens (tertiary/aromatic N) is 7. The van der Waals surface area contributed by atoms with Crippen LogP contribution in [0.15, 0.2) is 36.0 Å². The maximum absolute atomic E-state index is 8.36. The Balaban J connectivity index is 0.000000687. The molecule has 0 spiro atoms. The number of piperidine rings is 1. The van der Waals surface area contributed by atoms with Gasteiger partial charge in [0.15, 0.2) is 17.5 Å². The molecule has 1 N–H and O–H groups in total. The number of aromatic nitrogens is 6. The molecule has 4 aromatic rings. The zero-order chi connectivity index (χ0) is 21.1. The second-order valence-electron chi connectivity index (χ2n) is 7.26. The van der Waals surface area contributed by atoms with Crippen LogP contribution < -0.4 is 0 Å². The van der Waals surface area contributed by atoms with Gasteiger partial charge in [0.25, 0.3) is 6.47 Å². The van der Waals surface area contributed by atoms with Crippen LogP contribution in [0.1, 0.15) is 24.6 Å². The Morgan fingerprint density at radius 1 is 1.27 bits per heavy atom. The molecule has 1 aliphatic heterocycles. The van der Waals surface area contributed by atoms with Crippen molar-refractivity contribution >= 4 is 28.0 Å². The van der Waals surface area contributed by atoms with E-state index >= 15 is 0 Å². The summed E-state index contributed by atoms with van der Waals surface area (Å²) in [6.45, 7) is 1.90. The van der Waals surface area contributed by atoms with Crippen molar-refractivity contribution in [3.05, 3.63) is 41.8 Å². The van der Waals surface area contributed by atoms with Crippen molar-refractivity contribution in [3.8, 4) is 17.2 Å². The number of hydrogen-bond acceptors (Lipinski definition) is 7. The average molecular weight is 426 g/mol. The highest BCUT2D eigenvalue weighted by Gasteiger charge is 2.25. The van der Waals surface area contributed by atoms with Gasteiger partial charge in [-0.1, -0.05) is 0 Å². The van der Waals surface area contributed by atoms with Crippen molar-refractivity contribution in [1.29, 1.82) is 0 Å². The van der Waals surface area contributed by atoms with E-state index in [9.17, 15) is 0 Å². The number of carboxylic acid groups (broad SMARTS) is 1. The first-order valence-electron chi connectivity index (χ1n) is 9.66. The van der Waals surface area contributed by atoms with E-state index in [2.05, 4.69) is 40.2 Å². The van der Waals surface area contributed by atoms with Crippen LogP contribution in [0.3, 0.4) is 0 Å². The van der Waals surface area contributed by atoms with Gasteiger partial charge in [0.2, 0.25) is 0 Å². The third kappa shape index (κ3) is 3.96. The summed E-state index contributed by atoms with van der Waals surface area (Å²) < 4.78 is 4.92. The second-order valence-corrected chi connectivity index (χ2v) is 8.15. The highest BCUT2D eigenvalue weighted by atomic mass is 32.1. The smallest absolute Gasteiger partial charge is 0.290 e. The van der Waals surface area contributed by atoms with E-state index in [0.29, 0.717) is 5.92 Å². The fourth-order valence-electron chi connectivity index (χ4n) is 3.79. The van der Waals surface area contributed by atoms with Crippen LogP contribution in [0.4, 0.5) is 0 Å². The zero-order valence-corrected chi connectivity index (χ0v) is 17.7. The van der Waals surface area contributed by atoms with Crippen LogP contribution in [0.2, 0.25) is 0 Å². The highest BCUT2D eigenvalue weighted by molar-refractivity contribution is 7.16. The summed E-state index contributed by atoms with van der Waals surface area (Å²) in [7, 11) is 4.10. The van der Waals surface area contributed by atoms with Gasteiger partial charge in [-0.05, 0) is 44.6 Å². The molecule has 0 radical (unpaired) electrons. The lowest BCUT2D eigenvalue weighted by molar-refractivity contribution is -0.122. The average Bonchev–Trinajstić information content (AvgIpc) is 3.47. The topological polar surface area (TPSA) is 102 Å². The molecular formula is C20H23N7O2S. The van der Waals surface area contributed by atoms with E-state index in [1.165, 1.54) is 6.42 Å². The largest absolute Gasteiger partial charge is 0.483 e. The zero-order valence-electron chi connectivity index (χ0n) is 16.8. The van der Waals surface area contributed by atoms with E-state index in [-0.39, 0.29) is 6.47 Å². The normalized spacial score (nSPS) is 16.9. The maximum atomic E-state index is 8.36. The van der Waals surface area contributed by atoms with E-state index in [4.69, 9.17) is 20.0 Å². The van der Waals surface area contributed by atoms with Crippen molar-refractivity contribution in [3.63, 3.8) is 0 Å². The van der Waals surface area contributed by atoms with Gasteiger partial charge in [0.1, 0.15) is 0 Å². The van der Waals surface area contributed by atoms with E-state index in [1.54, 1.807) is 17.5 Å². The number of likely N-dealkylation sites (N-methyl/N-ethyl adjacent to an activating group) is 1. The minimum absolute atomic E-state index is 0.250. The van der Waals surface area contributed by atoms with Gasteiger partial charge >= 0.3 is 0 Å². The molecule has 0 saturated carbocycles. The van der Waals surface area contributed by atoms with Gasteiger partial charge in [-0.2, -0.15) is 9.78 Å². The number of thiazole rings is 1. The van der Waals surface area contributed by atoms with Crippen LogP contribution in [0.25, 0.3) is 27.4 Å². The summed E-state index contributed by atoms with van der Waals surface area (Å²) in [5.74, 6) is 3.06. The van der Waals surface area contributed by atoms with E-state index in [1.807, 2.05) is 28.0 Å². The number of aryl methyl sites for hydroxylation is 1. The maximum Gasteiger partial charge on any atom is 0.290 e. The lowest BCUT2D eigenvalue weighted by Gasteiger charge is -2.27. The third-order valence-corrected chi connectivity index (χ3v) is 6.01. The summed E-state index contributed by atoms with van der Waals surface area (Å²) in [6.07, 6.45) is 4.11. The first kappa shape index (κ1) is 20.2. The Morgan fingerprint density at radius 2 is 2.10 bits per heavy atom. The second kappa shape index (κ2) is 8.72. The Bertz CT molecular complexity index is 1150. The molecule has 0 aliphatic carbocycles. The van der Waals surface area contributed by atoms with Crippen LogP contribution in [0.5, 0.6) is 0 Å². The number of likely N-dealkylation sites (tertiary alicyclic amines) is 1. The molecular weight excluding hydrogens is 402 g/mol. The van der Waals surface area contributed by atoms with Gasteiger partial charge in [-0.3, -0.25) is 9.48 Å². The molecule has 1 unspecified atom stereocenters. The van der Waals surface area contributed by atoms with Gasteiger partial charge in [-0.25, -0.2) is 9.97 Å². The van der Waals surface area contributed by atoms with Crippen LogP contribution in [0, 0.1) is 0 Å². The monoisotopic (exact) mass is 425 g/mol. The molecule has 4 heterocycles. The predicted octanol–water partition coefficient (Wildman–Crippen LogP) is 2.79. The Kier molecular flexibility index (Phi) is 5.86. The van der Waals surface area contributed by atoms with Crippen molar-refractivity contribution in [1.82, 2.24) is 34.4 Å². The fourth-order valence-corrected chi connectivity index (χ4v) is 4.51. The standard InChI is InChI=1S/C19H21N7S.CH2O2/c1-24-9-3-4-14(11-24)18-22-19(26(23-18)17-7-8-21-25(17)2)13-5-6-15-16(10-13)27-12-20-15;2-1-3/h5-8,10,12,14H,3-4,9,11H2,1-2H3;1H,(H,2,3). The van der Waals surface area contributed by atoms with Crippen molar-refractivity contribution in [2.75, 3.05) is 20.1 Å². The SMILES string of the molecule is CN1CCCC(c2nc(-c3ccc4ncsc4c3)n(-c3ccnn3C)n2)C1.O=CO. The summed E-state index contributed by atoms with van der Waals surface area (Å²) in [5.41, 5.74) is 3.95. The molecule has 30 heavy (non-hydrogen) atoms. The van der Waals surface area contributed by atoms with Gasteiger partial charge in [0.05, 0.1) is 21.9 Å². The molecule has 1 aromatic carbocycles. The molecule has 5 rings (SSSR count). The minimum atomic E-state index is -0.250. The Morgan fingerprint density at radius 3 is 2.83 bits per heavy atom. The lowest BCUT2D eigenvalue weighted by Crippen LogP contribution is -2.31. The number of rotatable bonds is 3. The van der Waals surface area contributed by atoms with Gasteiger partial charge in [-0.15, -0.1) is 16.4 Å². The molecule has 1 aliphatic rings. The van der Waals surface area contributed by atoms with Gasteiger partial charge in [0, 0.05) is 31.1 Å². The number of benzene rings is 1. The molecule has 1 saturated heterocycles. The molecule has 0 bridgehead atoms. The molecule has 1 atom stereocenters. The Hall–Kier alpha value is -3.11. The van der Waals surface area contributed by atoms with Crippen LogP contribution in [-0.2, 0) is 11.8 Å². The first-order chi connectivity index (χ1) is 14.6. The van der Waals surface area contributed by atoms with Crippen LogP contribution in [-0.4, -0.2) is 66.1 Å². The Labute approximate surface area is 177 Å². The number of carbonyl (C=O) groups is 1. The van der Waals surface area contributed by atoms with Crippen molar-refractivity contribution in [2.45, 2.75) is 18.8 Å². The van der Waals surface area contributed by atoms with Gasteiger partial charge < -0.3 is 10.0 Å². The number of fused-ring (bicyclic) bond motifs is 1. The highest BCUT2D eigenvalue weighted by Crippen LogP contribution is 2.30. The summed E-state index contributed by atoms with van der Waals surface area (Å²) in [4.78, 5) is 20.1. The number of hydrogen-bond donors (Lipinski definition) is 1. The predicted molar refractivity (Wildman–Crippen MR) is 115 cm³/mol. The summed E-state index contributed by atoms with van der Waals surface area (Å²) >= 11 is 1.65. The molecule has 156 valence electrons. The minimum Gasteiger partial charge on any atom is -0.483 e. The quantitative estimate of drug-likeness (QED) is 0.504. The molecule has 9 nitrogen and oxygen atoms in total. The lowest BCUT2D eigenvalue weighted by atomic mass is 9.98. The third-order valence-electron chi connectivity index (χ3n) is 5.21. The van der Waals surface area contributed by atoms with E-state index < -0.39 is 0 Å². The van der Waals surface area contributed by atoms with Crippen molar-refractivity contribution in [2.24, 2.45) is 7.05 Å².